The first kappa shape index (κ1) is 22.5. The molecule has 0 bridgehead atoms. The van der Waals surface area contributed by atoms with E-state index in [1.165, 1.54) is 18.9 Å². The van der Waals surface area contributed by atoms with Crippen molar-refractivity contribution < 1.29 is 14.3 Å². The van der Waals surface area contributed by atoms with E-state index < -0.39 is 0 Å². The van der Waals surface area contributed by atoms with Crippen LogP contribution in [-0.2, 0) is 20.9 Å². The van der Waals surface area contributed by atoms with Gasteiger partial charge >= 0.3 is 5.97 Å². The molecule has 0 saturated heterocycles. The van der Waals surface area contributed by atoms with E-state index in [1.807, 2.05) is 35.6 Å². The van der Waals surface area contributed by atoms with E-state index in [9.17, 15) is 9.59 Å². The number of esters is 1. The standard InChI is InChI=1S/C14H20N2O3S.C4H10/c1-4-19-14(18)10-16(3)20-13-7-5-12(6-8-13)9-15-11(2)17;1-4(2)3/h5-8H,4,9-10H2,1-3H3,(H,15,17);4H,1-3H3. The maximum Gasteiger partial charge on any atom is 0.321 e. The first-order chi connectivity index (χ1) is 11.2. The van der Waals surface area contributed by atoms with Gasteiger partial charge < -0.3 is 10.1 Å². The molecule has 1 rings (SSSR count). The first-order valence-corrected chi connectivity index (χ1v) is 8.90. The summed E-state index contributed by atoms with van der Waals surface area (Å²) in [6, 6.07) is 7.83. The smallest absolute Gasteiger partial charge is 0.321 e. The number of ether oxygens (including phenoxy) is 1. The van der Waals surface area contributed by atoms with Crippen LogP contribution in [0.5, 0.6) is 0 Å². The Bertz CT molecular complexity index is 487. The SMILES string of the molecule is CC(C)C.CCOC(=O)CN(C)Sc1ccc(CNC(C)=O)cc1. The third kappa shape index (κ3) is 13.0. The third-order valence-electron chi connectivity index (χ3n) is 2.38. The monoisotopic (exact) mass is 354 g/mol. The molecule has 5 nitrogen and oxygen atoms in total. The van der Waals surface area contributed by atoms with Crippen molar-refractivity contribution in [2.75, 3.05) is 20.2 Å². The van der Waals surface area contributed by atoms with Crippen LogP contribution in [0.3, 0.4) is 0 Å². The minimum Gasteiger partial charge on any atom is -0.465 e. The number of nitrogens with zero attached hydrogens (tertiary/aromatic N) is 1. The number of amides is 1. The molecule has 0 aliphatic rings. The molecule has 6 heteroatoms. The van der Waals surface area contributed by atoms with Crippen molar-refractivity contribution in [1.29, 1.82) is 0 Å². The quantitative estimate of drug-likeness (QED) is 0.600. The van der Waals surface area contributed by atoms with Gasteiger partial charge in [-0.2, -0.15) is 0 Å². The summed E-state index contributed by atoms with van der Waals surface area (Å²) in [4.78, 5) is 23.2. The van der Waals surface area contributed by atoms with Gasteiger partial charge in [-0.1, -0.05) is 32.9 Å². The predicted molar refractivity (Wildman–Crippen MR) is 99.6 cm³/mol. The fraction of sp³-hybridized carbons (Fsp3) is 0.556. The van der Waals surface area contributed by atoms with Crippen molar-refractivity contribution in [3.05, 3.63) is 29.8 Å². The molecular weight excluding hydrogens is 324 g/mol. The number of rotatable bonds is 7. The number of nitrogens with one attached hydrogen (secondary N) is 1. The molecule has 0 aromatic heterocycles. The lowest BCUT2D eigenvalue weighted by atomic mass is 10.2. The summed E-state index contributed by atoms with van der Waals surface area (Å²) in [6.07, 6.45) is 0. The van der Waals surface area contributed by atoms with Crippen molar-refractivity contribution in [2.24, 2.45) is 5.92 Å². The molecule has 1 amide bonds. The molecule has 1 aromatic carbocycles. The van der Waals surface area contributed by atoms with Gasteiger partial charge in [0.15, 0.2) is 0 Å². The number of carbonyl (C=O) groups excluding carboxylic acids is 2. The van der Waals surface area contributed by atoms with Gasteiger partial charge in [0.05, 0.1) is 6.61 Å². The fourth-order valence-corrected chi connectivity index (χ4v) is 2.28. The number of likely N-dealkylation sites (N-methyl/N-ethyl adjacent to an activating group) is 1. The second kappa shape index (κ2) is 12.8. The lowest BCUT2D eigenvalue weighted by Crippen LogP contribution is -2.21. The minimum atomic E-state index is -0.232. The lowest BCUT2D eigenvalue weighted by Gasteiger charge is -2.14. The topological polar surface area (TPSA) is 58.6 Å². The summed E-state index contributed by atoms with van der Waals surface area (Å²) >= 11 is 1.48. The van der Waals surface area contributed by atoms with Crippen LogP contribution in [0.1, 0.15) is 40.2 Å². The van der Waals surface area contributed by atoms with E-state index >= 15 is 0 Å². The van der Waals surface area contributed by atoms with Crippen LogP contribution in [0.2, 0.25) is 0 Å². The second-order valence-electron chi connectivity index (χ2n) is 5.97. The summed E-state index contributed by atoms with van der Waals surface area (Å²) < 4.78 is 6.71. The van der Waals surface area contributed by atoms with Gasteiger partial charge in [-0.25, -0.2) is 4.31 Å². The Hall–Kier alpha value is -1.53. The zero-order valence-electron chi connectivity index (χ0n) is 15.6. The Morgan fingerprint density at radius 1 is 1.21 bits per heavy atom. The van der Waals surface area contributed by atoms with Gasteiger partial charge in [0.1, 0.15) is 6.54 Å². The highest BCUT2D eigenvalue weighted by molar-refractivity contribution is 7.97. The van der Waals surface area contributed by atoms with Crippen LogP contribution >= 0.6 is 11.9 Å². The summed E-state index contributed by atoms with van der Waals surface area (Å²) in [5, 5.41) is 2.74. The first-order valence-electron chi connectivity index (χ1n) is 8.12. The van der Waals surface area contributed by atoms with Crippen molar-refractivity contribution in [3.63, 3.8) is 0 Å². The number of hydrogen-bond acceptors (Lipinski definition) is 5. The van der Waals surface area contributed by atoms with Crippen molar-refractivity contribution in [3.8, 4) is 0 Å². The van der Waals surface area contributed by atoms with Crippen LogP contribution in [-0.4, -0.2) is 36.4 Å². The molecule has 0 atom stereocenters. The van der Waals surface area contributed by atoms with E-state index in [1.54, 1.807) is 6.92 Å². The highest BCUT2D eigenvalue weighted by atomic mass is 32.2. The van der Waals surface area contributed by atoms with Crippen LogP contribution < -0.4 is 5.32 Å². The second-order valence-corrected chi connectivity index (χ2v) is 7.25. The maximum absolute atomic E-state index is 11.3. The molecule has 1 aromatic rings. The fourth-order valence-electron chi connectivity index (χ4n) is 1.50. The molecule has 0 fully saturated rings. The number of hydrogen-bond donors (Lipinski definition) is 1. The minimum absolute atomic E-state index is 0.0439. The molecule has 0 unspecified atom stereocenters. The molecule has 0 aliphatic heterocycles. The van der Waals surface area contributed by atoms with Gasteiger partial charge in [0.25, 0.3) is 0 Å². The normalized spacial score (nSPS) is 10.2. The van der Waals surface area contributed by atoms with E-state index in [0.717, 1.165) is 16.4 Å². The molecule has 0 spiro atoms. The highest BCUT2D eigenvalue weighted by Gasteiger charge is 2.08. The van der Waals surface area contributed by atoms with Crippen molar-refractivity contribution in [2.45, 2.75) is 46.1 Å². The summed E-state index contributed by atoms with van der Waals surface area (Å²) in [5.74, 6) is 0.558. The van der Waals surface area contributed by atoms with Gasteiger partial charge in [0, 0.05) is 18.4 Å². The van der Waals surface area contributed by atoms with Gasteiger partial charge in [0.2, 0.25) is 5.91 Å². The molecular formula is C18H30N2O3S. The Morgan fingerprint density at radius 2 is 1.75 bits per heavy atom. The Labute approximate surface area is 150 Å². The van der Waals surface area contributed by atoms with Crippen LogP contribution in [0.25, 0.3) is 0 Å². The molecule has 0 radical (unpaired) electrons. The summed E-state index contributed by atoms with van der Waals surface area (Å²) in [5.41, 5.74) is 1.04. The average Bonchev–Trinajstić information content (AvgIpc) is 2.46. The predicted octanol–water partition coefficient (Wildman–Crippen LogP) is 3.49. The molecule has 136 valence electrons. The lowest BCUT2D eigenvalue weighted by molar-refractivity contribution is -0.142. The largest absolute Gasteiger partial charge is 0.465 e. The Morgan fingerprint density at radius 3 is 2.21 bits per heavy atom. The average molecular weight is 355 g/mol. The number of benzene rings is 1. The molecule has 24 heavy (non-hydrogen) atoms. The highest BCUT2D eigenvalue weighted by Crippen LogP contribution is 2.21. The van der Waals surface area contributed by atoms with Gasteiger partial charge in [-0.15, -0.1) is 0 Å². The molecule has 0 aliphatic carbocycles. The Balaban J connectivity index is 0.00000118. The molecule has 0 heterocycles. The zero-order chi connectivity index (χ0) is 18.5. The van der Waals surface area contributed by atoms with Crippen LogP contribution in [0.15, 0.2) is 29.2 Å². The van der Waals surface area contributed by atoms with Crippen molar-refractivity contribution >= 4 is 23.8 Å². The van der Waals surface area contributed by atoms with E-state index in [-0.39, 0.29) is 18.4 Å². The zero-order valence-corrected chi connectivity index (χ0v) is 16.4. The van der Waals surface area contributed by atoms with Gasteiger partial charge in [-0.05, 0) is 49.5 Å². The van der Waals surface area contributed by atoms with E-state index in [2.05, 4.69) is 26.1 Å². The summed E-state index contributed by atoms with van der Waals surface area (Å²) in [7, 11) is 1.84. The van der Waals surface area contributed by atoms with Gasteiger partial charge in [-0.3, -0.25) is 9.59 Å². The molecule has 0 saturated carbocycles. The van der Waals surface area contributed by atoms with Crippen LogP contribution in [0.4, 0.5) is 0 Å². The number of carbonyl (C=O) groups is 2. The molecule has 1 N–H and O–H groups in total. The summed E-state index contributed by atoms with van der Waals surface area (Å²) in [6.45, 7) is 11.0. The van der Waals surface area contributed by atoms with Crippen LogP contribution in [0, 0.1) is 5.92 Å². The third-order valence-corrected chi connectivity index (χ3v) is 3.31. The van der Waals surface area contributed by atoms with Crippen molar-refractivity contribution in [1.82, 2.24) is 9.62 Å². The maximum atomic E-state index is 11.3. The van der Waals surface area contributed by atoms with E-state index in [4.69, 9.17) is 4.74 Å². The Kier molecular flexibility index (Phi) is 12.0. The van der Waals surface area contributed by atoms with E-state index in [0.29, 0.717) is 13.2 Å².